The highest BCUT2D eigenvalue weighted by Crippen LogP contribution is 2.56. The lowest BCUT2D eigenvalue weighted by atomic mass is 10.5. The second-order valence-corrected chi connectivity index (χ2v) is 5.78. The van der Waals surface area contributed by atoms with E-state index in [1.807, 2.05) is 6.07 Å². The number of nitriles is 1. The van der Waals surface area contributed by atoms with Crippen LogP contribution in [0.25, 0.3) is 0 Å². The van der Waals surface area contributed by atoms with Gasteiger partial charge in [0.1, 0.15) is 11.8 Å². The lowest BCUT2D eigenvalue weighted by molar-refractivity contribution is 0.271. The first kappa shape index (κ1) is 13.6. The zero-order valence-corrected chi connectivity index (χ0v) is 10.2. The standard InChI is InChI=1S/C8H14NO3PS/c1-4-11-13(14,12-5-2)8(6-9)7(3)10/h10H,4-5H2,1-3H3. The normalized spacial score (nSPS) is 13.3. The largest absolute Gasteiger partial charge is 0.511 e. The molecule has 0 saturated carbocycles. The number of aliphatic hydroxyl groups excluding tert-OH is 1. The molecule has 0 rings (SSSR count). The molecule has 0 aromatic heterocycles. The van der Waals surface area contributed by atoms with Crippen molar-refractivity contribution in [2.24, 2.45) is 0 Å². The summed E-state index contributed by atoms with van der Waals surface area (Å²) in [4.78, 5) is 0. The van der Waals surface area contributed by atoms with E-state index in [1.54, 1.807) is 13.8 Å². The molecule has 0 unspecified atom stereocenters. The van der Waals surface area contributed by atoms with Crippen LogP contribution in [0.3, 0.4) is 0 Å². The molecule has 0 bridgehead atoms. The van der Waals surface area contributed by atoms with Crippen LogP contribution in [-0.4, -0.2) is 18.3 Å². The van der Waals surface area contributed by atoms with Crippen molar-refractivity contribution >= 4 is 18.3 Å². The van der Waals surface area contributed by atoms with E-state index >= 15 is 0 Å². The highest BCUT2D eigenvalue weighted by molar-refractivity contribution is 8.12. The maximum Gasteiger partial charge on any atom is 0.233 e. The molecule has 0 fully saturated rings. The second-order valence-electron chi connectivity index (χ2n) is 2.38. The average molecular weight is 235 g/mol. The first-order valence-corrected chi connectivity index (χ1v) is 6.85. The average Bonchev–Trinajstić information content (AvgIpc) is 2.04. The fourth-order valence-electron chi connectivity index (χ4n) is 0.847. The van der Waals surface area contributed by atoms with Crippen molar-refractivity contribution in [3.05, 3.63) is 11.1 Å². The summed E-state index contributed by atoms with van der Waals surface area (Å²) in [5.41, 5.74) is 0. The van der Waals surface area contributed by atoms with Gasteiger partial charge in [0.25, 0.3) is 0 Å². The van der Waals surface area contributed by atoms with Crippen molar-refractivity contribution in [3.63, 3.8) is 0 Å². The molecule has 80 valence electrons. The fourth-order valence-corrected chi connectivity index (χ4v) is 3.53. The van der Waals surface area contributed by atoms with Crippen molar-refractivity contribution in [2.75, 3.05) is 13.2 Å². The number of aliphatic hydroxyl groups is 1. The van der Waals surface area contributed by atoms with Crippen LogP contribution in [-0.2, 0) is 20.9 Å². The lowest BCUT2D eigenvalue weighted by Crippen LogP contribution is -1.99. The van der Waals surface area contributed by atoms with E-state index in [9.17, 15) is 5.11 Å². The molecule has 0 spiro atoms. The molecule has 0 atom stereocenters. The van der Waals surface area contributed by atoms with Gasteiger partial charge in [-0.3, -0.25) is 0 Å². The van der Waals surface area contributed by atoms with Crippen LogP contribution in [0.5, 0.6) is 0 Å². The number of hydrogen-bond acceptors (Lipinski definition) is 5. The summed E-state index contributed by atoms with van der Waals surface area (Å²) in [6.45, 7) is 2.86. The first-order chi connectivity index (χ1) is 6.51. The van der Waals surface area contributed by atoms with Gasteiger partial charge in [0, 0.05) is 0 Å². The smallest absolute Gasteiger partial charge is 0.233 e. The van der Waals surface area contributed by atoms with E-state index in [2.05, 4.69) is 0 Å². The Morgan fingerprint density at radius 2 is 1.86 bits per heavy atom. The van der Waals surface area contributed by atoms with Crippen molar-refractivity contribution < 1.29 is 14.2 Å². The van der Waals surface area contributed by atoms with Crippen LogP contribution in [0.4, 0.5) is 0 Å². The molecule has 0 aromatic carbocycles. The molecule has 0 aliphatic rings. The minimum Gasteiger partial charge on any atom is -0.511 e. The SMILES string of the molecule is CCOP(=S)(OCC)C(C#N)=C(C)O. The summed E-state index contributed by atoms with van der Waals surface area (Å²) >= 11 is 5.12. The molecule has 0 aliphatic heterocycles. The summed E-state index contributed by atoms with van der Waals surface area (Å²) in [7, 11) is 0. The third-order valence-corrected chi connectivity index (χ3v) is 4.67. The zero-order chi connectivity index (χ0) is 11.2. The predicted molar refractivity (Wildman–Crippen MR) is 58.5 cm³/mol. The van der Waals surface area contributed by atoms with Crippen LogP contribution >= 0.6 is 6.49 Å². The predicted octanol–water partition coefficient (Wildman–Crippen LogP) is 2.68. The van der Waals surface area contributed by atoms with Gasteiger partial charge < -0.3 is 14.2 Å². The molecular formula is C8H14NO3PS. The fraction of sp³-hybridized carbons (Fsp3) is 0.625. The van der Waals surface area contributed by atoms with Gasteiger partial charge >= 0.3 is 0 Å². The van der Waals surface area contributed by atoms with Crippen molar-refractivity contribution in [1.29, 1.82) is 5.26 Å². The molecule has 1 N–H and O–H groups in total. The van der Waals surface area contributed by atoms with Crippen LogP contribution in [0.15, 0.2) is 11.1 Å². The Bertz CT molecular complexity index is 294. The summed E-state index contributed by atoms with van der Waals surface area (Å²) in [5, 5.41) is 18.1. The van der Waals surface area contributed by atoms with Crippen LogP contribution in [0.1, 0.15) is 20.8 Å². The first-order valence-electron chi connectivity index (χ1n) is 4.21. The maximum absolute atomic E-state index is 9.26. The monoisotopic (exact) mass is 235 g/mol. The van der Waals surface area contributed by atoms with E-state index in [0.717, 1.165) is 0 Å². The zero-order valence-electron chi connectivity index (χ0n) is 8.48. The molecule has 0 radical (unpaired) electrons. The van der Waals surface area contributed by atoms with Gasteiger partial charge in [-0.05, 0) is 32.6 Å². The number of hydrogen-bond donors (Lipinski definition) is 1. The van der Waals surface area contributed by atoms with Crippen LogP contribution in [0, 0.1) is 11.3 Å². The molecule has 14 heavy (non-hydrogen) atoms. The van der Waals surface area contributed by atoms with E-state index < -0.39 is 6.49 Å². The minimum absolute atomic E-state index is 0.0381. The Labute approximate surface area is 89.3 Å². The second kappa shape index (κ2) is 6.15. The van der Waals surface area contributed by atoms with Crippen LogP contribution in [0.2, 0.25) is 0 Å². The summed E-state index contributed by atoms with van der Waals surface area (Å²) < 4.78 is 10.5. The Morgan fingerprint density at radius 3 is 2.07 bits per heavy atom. The molecule has 0 aromatic rings. The molecule has 0 amide bonds. The Kier molecular flexibility index (Phi) is 5.98. The van der Waals surface area contributed by atoms with E-state index in [1.165, 1.54) is 6.92 Å². The quantitative estimate of drug-likeness (QED) is 0.451. The Hall–Kier alpha value is -0.400. The lowest BCUT2D eigenvalue weighted by Gasteiger charge is -2.20. The number of allylic oxidation sites excluding steroid dienone is 2. The summed E-state index contributed by atoms with van der Waals surface area (Å²) in [5.74, 6) is -0.127. The van der Waals surface area contributed by atoms with E-state index in [-0.39, 0.29) is 11.1 Å². The van der Waals surface area contributed by atoms with Gasteiger partial charge in [0.15, 0.2) is 5.31 Å². The molecular weight excluding hydrogens is 221 g/mol. The molecule has 0 heterocycles. The molecule has 0 aliphatic carbocycles. The van der Waals surface area contributed by atoms with Crippen molar-refractivity contribution in [1.82, 2.24) is 0 Å². The number of nitrogens with zero attached hydrogens (tertiary/aromatic N) is 1. The maximum atomic E-state index is 9.26. The van der Waals surface area contributed by atoms with Crippen molar-refractivity contribution in [2.45, 2.75) is 20.8 Å². The van der Waals surface area contributed by atoms with Gasteiger partial charge in [-0.2, -0.15) is 5.26 Å². The van der Waals surface area contributed by atoms with Gasteiger partial charge in [0.2, 0.25) is 6.49 Å². The molecule has 0 saturated heterocycles. The third kappa shape index (κ3) is 3.39. The van der Waals surface area contributed by atoms with Gasteiger partial charge in [-0.1, -0.05) is 0 Å². The minimum atomic E-state index is -2.78. The Morgan fingerprint density at radius 1 is 1.43 bits per heavy atom. The summed E-state index contributed by atoms with van der Waals surface area (Å²) in [6, 6.07) is 1.84. The topological polar surface area (TPSA) is 62.5 Å². The van der Waals surface area contributed by atoms with Crippen LogP contribution < -0.4 is 0 Å². The molecule has 4 nitrogen and oxygen atoms in total. The van der Waals surface area contributed by atoms with Gasteiger partial charge in [-0.15, -0.1) is 0 Å². The van der Waals surface area contributed by atoms with Gasteiger partial charge in [-0.25, -0.2) is 0 Å². The summed E-state index contributed by atoms with van der Waals surface area (Å²) in [6.07, 6.45) is 0. The Balaban J connectivity index is 5.11. The highest BCUT2D eigenvalue weighted by atomic mass is 32.5. The highest BCUT2D eigenvalue weighted by Gasteiger charge is 2.26. The van der Waals surface area contributed by atoms with E-state index in [0.29, 0.717) is 13.2 Å². The third-order valence-electron chi connectivity index (χ3n) is 1.32. The van der Waals surface area contributed by atoms with E-state index in [4.69, 9.17) is 26.1 Å². The molecule has 6 heteroatoms. The number of rotatable bonds is 5. The van der Waals surface area contributed by atoms with Gasteiger partial charge in [0.05, 0.1) is 13.2 Å². The van der Waals surface area contributed by atoms with Crippen molar-refractivity contribution in [3.8, 4) is 6.07 Å².